The summed E-state index contributed by atoms with van der Waals surface area (Å²) in [5, 5.41) is 3.45. The smallest absolute Gasteiger partial charge is 0.188 e. The highest BCUT2D eigenvalue weighted by molar-refractivity contribution is 14.0. The third-order valence-electron chi connectivity index (χ3n) is 5.98. The Morgan fingerprint density at radius 3 is 2.86 bits per heavy atom. The van der Waals surface area contributed by atoms with E-state index in [0.29, 0.717) is 24.5 Å². The maximum atomic E-state index is 13.9. The fourth-order valence-corrected chi connectivity index (χ4v) is 4.59. The molecule has 3 unspecified atom stereocenters. The largest absolute Gasteiger partial charge is 0.370 e. The Labute approximate surface area is 189 Å². The van der Waals surface area contributed by atoms with Gasteiger partial charge in [-0.2, -0.15) is 0 Å². The Bertz CT molecular complexity index is 674. The molecule has 2 saturated heterocycles. The second kappa shape index (κ2) is 10.9. The van der Waals surface area contributed by atoms with E-state index in [4.69, 9.17) is 17.3 Å². The van der Waals surface area contributed by atoms with Crippen molar-refractivity contribution in [2.75, 3.05) is 39.8 Å². The van der Waals surface area contributed by atoms with Gasteiger partial charge in [0.2, 0.25) is 0 Å². The van der Waals surface area contributed by atoms with Crippen LogP contribution in [0.4, 0.5) is 4.39 Å². The number of hydrogen-bond acceptors (Lipinski definition) is 3. The lowest BCUT2D eigenvalue weighted by Gasteiger charge is -2.25. The van der Waals surface area contributed by atoms with Gasteiger partial charge in [-0.25, -0.2) is 4.39 Å². The molecule has 0 bridgehead atoms. The molecule has 3 N–H and O–H groups in total. The number of guanidine groups is 1. The normalized spacial score (nSPS) is 26.4. The average molecular weight is 524 g/mol. The van der Waals surface area contributed by atoms with Crippen LogP contribution in [0.5, 0.6) is 0 Å². The third kappa shape index (κ3) is 5.70. The molecular weight excluding hydrogens is 492 g/mol. The molecule has 3 rings (SSSR count). The lowest BCUT2D eigenvalue weighted by Crippen LogP contribution is -2.43. The number of hydrogen-bond donors (Lipinski definition) is 2. The molecule has 28 heavy (non-hydrogen) atoms. The van der Waals surface area contributed by atoms with E-state index in [-0.39, 0.29) is 40.9 Å². The number of likely N-dealkylation sites (N-methyl/N-ethyl adjacent to an activating group) is 1. The Kier molecular flexibility index (Phi) is 9.24. The van der Waals surface area contributed by atoms with Crippen LogP contribution in [-0.4, -0.2) is 61.6 Å². The maximum Gasteiger partial charge on any atom is 0.188 e. The highest BCUT2D eigenvalue weighted by atomic mass is 127. The zero-order chi connectivity index (χ0) is 19.4. The Balaban J connectivity index is 0.00000280. The molecule has 0 spiro atoms. The van der Waals surface area contributed by atoms with Gasteiger partial charge in [-0.05, 0) is 69.6 Å². The van der Waals surface area contributed by atoms with Crippen LogP contribution in [0, 0.1) is 11.7 Å². The summed E-state index contributed by atoms with van der Waals surface area (Å²) in [6, 6.07) is 5.78. The van der Waals surface area contributed by atoms with Gasteiger partial charge in [-0.1, -0.05) is 24.6 Å². The minimum atomic E-state index is -0.366. The van der Waals surface area contributed by atoms with Gasteiger partial charge in [0.25, 0.3) is 0 Å². The van der Waals surface area contributed by atoms with E-state index in [1.807, 2.05) is 6.07 Å². The standard InChI is InChI=1S/C20H31ClFN5.HI/c1-3-27-9-4-5-16(27)13-25-20(23)24-12-15-8-10-26(2)19(15)14-6-7-17(21)18(22)11-14;/h6-7,11,15-16,19H,3-5,8-10,12-13H2,1-2H3,(H3,23,24,25);1H. The number of nitrogens with one attached hydrogen (secondary N) is 1. The second-order valence-electron chi connectivity index (χ2n) is 7.68. The summed E-state index contributed by atoms with van der Waals surface area (Å²) >= 11 is 5.83. The van der Waals surface area contributed by atoms with Gasteiger partial charge < -0.3 is 11.1 Å². The second-order valence-corrected chi connectivity index (χ2v) is 8.09. The van der Waals surface area contributed by atoms with Gasteiger partial charge in [0.15, 0.2) is 5.96 Å². The Morgan fingerprint density at radius 1 is 1.36 bits per heavy atom. The topological polar surface area (TPSA) is 56.9 Å². The quantitative estimate of drug-likeness (QED) is 0.341. The van der Waals surface area contributed by atoms with Crippen LogP contribution in [0.15, 0.2) is 23.2 Å². The maximum absolute atomic E-state index is 13.9. The first-order chi connectivity index (χ1) is 13.0. The molecule has 5 nitrogen and oxygen atoms in total. The van der Waals surface area contributed by atoms with E-state index in [1.165, 1.54) is 19.4 Å². The van der Waals surface area contributed by atoms with E-state index < -0.39 is 0 Å². The fraction of sp³-hybridized carbons (Fsp3) is 0.650. The molecule has 0 radical (unpaired) electrons. The molecule has 1 aromatic carbocycles. The van der Waals surface area contributed by atoms with Gasteiger partial charge in [0, 0.05) is 25.2 Å². The third-order valence-corrected chi connectivity index (χ3v) is 6.29. The summed E-state index contributed by atoms with van der Waals surface area (Å²) in [6.07, 6.45) is 3.49. The molecule has 2 heterocycles. The lowest BCUT2D eigenvalue weighted by molar-refractivity contribution is 0.267. The van der Waals surface area contributed by atoms with Gasteiger partial charge >= 0.3 is 0 Å². The van der Waals surface area contributed by atoms with Crippen LogP contribution in [0.2, 0.25) is 5.02 Å². The summed E-state index contributed by atoms with van der Waals surface area (Å²) in [5.41, 5.74) is 7.06. The molecule has 0 amide bonds. The van der Waals surface area contributed by atoms with E-state index in [0.717, 1.165) is 31.6 Å². The number of aliphatic imine (C=N–C) groups is 1. The number of halogens is 3. The molecule has 3 atom stereocenters. The summed E-state index contributed by atoms with van der Waals surface area (Å²) < 4.78 is 13.9. The predicted molar refractivity (Wildman–Crippen MR) is 125 cm³/mol. The number of rotatable bonds is 6. The van der Waals surface area contributed by atoms with Crippen molar-refractivity contribution in [1.82, 2.24) is 15.1 Å². The van der Waals surface area contributed by atoms with Crippen LogP contribution in [0.25, 0.3) is 0 Å². The van der Waals surface area contributed by atoms with Gasteiger partial charge in [-0.3, -0.25) is 14.8 Å². The Hall–Kier alpha value is -0.640. The summed E-state index contributed by atoms with van der Waals surface area (Å²) in [5.74, 6) is 0.457. The molecule has 2 fully saturated rings. The van der Waals surface area contributed by atoms with Crippen LogP contribution in [0.3, 0.4) is 0 Å². The molecule has 0 saturated carbocycles. The Morgan fingerprint density at radius 2 is 2.14 bits per heavy atom. The summed E-state index contributed by atoms with van der Waals surface area (Å²) in [4.78, 5) is 9.32. The molecule has 8 heteroatoms. The monoisotopic (exact) mass is 523 g/mol. The number of benzene rings is 1. The summed E-state index contributed by atoms with van der Waals surface area (Å²) in [7, 11) is 2.07. The van der Waals surface area contributed by atoms with Gasteiger partial charge in [-0.15, -0.1) is 24.0 Å². The predicted octanol–water partition coefficient (Wildman–Crippen LogP) is 3.48. The van der Waals surface area contributed by atoms with Crippen molar-refractivity contribution in [3.05, 3.63) is 34.6 Å². The van der Waals surface area contributed by atoms with Crippen LogP contribution in [-0.2, 0) is 0 Å². The van der Waals surface area contributed by atoms with Crippen molar-refractivity contribution in [3.63, 3.8) is 0 Å². The molecule has 158 valence electrons. The molecular formula is C20H32ClFIN5. The van der Waals surface area contributed by atoms with Crippen molar-refractivity contribution in [1.29, 1.82) is 0 Å². The molecule has 0 aliphatic carbocycles. The van der Waals surface area contributed by atoms with Crippen molar-refractivity contribution in [2.45, 2.75) is 38.3 Å². The van der Waals surface area contributed by atoms with E-state index >= 15 is 0 Å². The van der Waals surface area contributed by atoms with Gasteiger partial charge in [0.1, 0.15) is 5.82 Å². The van der Waals surface area contributed by atoms with Crippen molar-refractivity contribution >= 4 is 41.5 Å². The molecule has 2 aliphatic heterocycles. The first-order valence-electron chi connectivity index (χ1n) is 9.92. The van der Waals surface area contributed by atoms with E-state index in [1.54, 1.807) is 12.1 Å². The highest BCUT2D eigenvalue weighted by Crippen LogP contribution is 2.37. The number of likely N-dealkylation sites (tertiary alicyclic amines) is 2. The first kappa shape index (κ1) is 23.6. The lowest BCUT2D eigenvalue weighted by atomic mass is 9.94. The van der Waals surface area contributed by atoms with Gasteiger partial charge in [0.05, 0.1) is 5.02 Å². The zero-order valence-electron chi connectivity index (χ0n) is 16.7. The molecule has 0 aromatic heterocycles. The van der Waals surface area contributed by atoms with Crippen molar-refractivity contribution < 1.29 is 4.39 Å². The minimum absolute atomic E-state index is 0. The van der Waals surface area contributed by atoms with Crippen LogP contribution < -0.4 is 11.1 Å². The highest BCUT2D eigenvalue weighted by Gasteiger charge is 2.33. The van der Waals surface area contributed by atoms with Crippen LogP contribution >= 0.6 is 35.6 Å². The number of nitrogens with two attached hydrogens (primary N) is 1. The van der Waals surface area contributed by atoms with Crippen LogP contribution in [0.1, 0.15) is 37.8 Å². The van der Waals surface area contributed by atoms with E-state index in [2.05, 4.69) is 34.1 Å². The van der Waals surface area contributed by atoms with Crippen molar-refractivity contribution in [2.24, 2.45) is 16.6 Å². The minimum Gasteiger partial charge on any atom is -0.370 e. The summed E-state index contributed by atoms with van der Waals surface area (Å²) in [6.45, 7) is 6.91. The zero-order valence-corrected chi connectivity index (χ0v) is 19.8. The first-order valence-corrected chi connectivity index (χ1v) is 10.3. The molecule has 2 aliphatic rings. The SMILES string of the molecule is CCN1CCCC1CNC(N)=NCC1CCN(C)C1c1ccc(Cl)c(F)c1.I. The fourth-order valence-electron chi connectivity index (χ4n) is 4.48. The average Bonchev–Trinajstić information content (AvgIpc) is 3.26. The molecule has 1 aromatic rings. The van der Waals surface area contributed by atoms with Crippen molar-refractivity contribution in [3.8, 4) is 0 Å². The number of nitrogens with zero attached hydrogens (tertiary/aromatic N) is 3. The van der Waals surface area contributed by atoms with E-state index in [9.17, 15) is 4.39 Å².